The minimum atomic E-state index is -3.69. The number of ether oxygens (including phenoxy) is 1. The molecule has 0 bridgehead atoms. The molecule has 1 unspecified atom stereocenters. The monoisotopic (exact) mass is 287 g/mol. The molecule has 0 saturated heterocycles. The largest absolute Gasteiger partial charge is 0.462 e. The first-order valence-corrected chi connectivity index (χ1v) is 7.29. The van der Waals surface area contributed by atoms with Gasteiger partial charge in [0.15, 0.2) is 0 Å². The van der Waals surface area contributed by atoms with Crippen LogP contribution in [0.1, 0.15) is 24.2 Å². The van der Waals surface area contributed by atoms with Gasteiger partial charge in [0.25, 0.3) is 0 Å². The second kappa shape index (κ2) is 6.65. The van der Waals surface area contributed by atoms with Crippen molar-refractivity contribution in [1.82, 2.24) is 4.72 Å². The summed E-state index contributed by atoms with van der Waals surface area (Å²) >= 11 is 0. The summed E-state index contributed by atoms with van der Waals surface area (Å²) in [5.41, 5.74) is 0.288. The van der Waals surface area contributed by atoms with Gasteiger partial charge >= 0.3 is 5.97 Å². The van der Waals surface area contributed by atoms with Crippen LogP contribution in [-0.2, 0) is 14.8 Å². The van der Waals surface area contributed by atoms with Crippen LogP contribution >= 0.6 is 0 Å². The summed E-state index contributed by atoms with van der Waals surface area (Å²) in [6, 6.07) is 4.83. The van der Waals surface area contributed by atoms with E-state index in [1.807, 2.05) is 0 Å². The predicted molar refractivity (Wildman–Crippen MR) is 69.3 cm³/mol. The minimum absolute atomic E-state index is 0.0286. The third-order valence-electron chi connectivity index (χ3n) is 2.31. The molecular formula is C12H17NO5S. The molecule has 0 fully saturated rings. The van der Waals surface area contributed by atoms with Gasteiger partial charge in [-0.3, -0.25) is 0 Å². The second-order valence-electron chi connectivity index (χ2n) is 3.95. The molecule has 6 nitrogen and oxygen atoms in total. The number of carbonyl (C=O) groups excluding carboxylic acids is 1. The number of rotatable bonds is 6. The van der Waals surface area contributed by atoms with Crippen molar-refractivity contribution in [3.05, 3.63) is 29.8 Å². The van der Waals surface area contributed by atoms with Crippen molar-refractivity contribution in [2.75, 3.05) is 13.2 Å². The lowest BCUT2D eigenvalue weighted by Gasteiger charge is -2.11. The molecule has 0 heterocycles. The Morgan fingerprint density at radius 3 is 2.42 bits per heavy atom. The van der Waals surface area contributed by atoms with Crippen molar-refractivity contribution in [2.45, 2.75) is 24.8 Å². The summed E-state index contributed by atoms with van der Waals surface area (Å²) in [7, 11) is -3.69. The standard InChI is InChI=1S/C12H17NO5S/c1-3-18-12(15)10-4-6-11(7-5-10)19(16,17)13-9(2)8-14/h4-7,9,13-14H,3,8H2,1-2H3. The van der Waals surface area contributed by atoms with E-state index >= 15 is 0 Å². The zero-order valence-corrected chi connectivity index (χ0v) is 11.6. The maximum atomic E-state index is 11.9. The van der Waals surface area contributed by atoms with Gasteiger partial charge in [-0.25, -0.2) is 17.9 Å². The average molecular weight is 287 g/mol. The fraction of sp³-hybridized carbons (Fsp3) is 0.417. The van der Waals surface area contributed by atoms with Gasteiger partial charge in [-0.1, -0.05) is 0 Å². The van der Waals surface area contributed by atoms with E-state index in [2.05, 4.69) is 4.72 Å². The van der Waals surface area contributed by atoms with E-state index < -0.39 is 22.0 Å². The third kappa shape index (κ3) is 4.30. The topological polar surface area (TPSA) is 92.7 Å². The molecule has 1 aromatic rings. The van der Waals surface area contributed by atoms with E-state index in [0.717, 1.165) is 0 Å². The van der Waals surface area contributed by atoms with Gasteiger partial charge in [0, 0.05) is 6.04 Å². The van der Waals surface area contributed by atoms with E-state index in [1.165, 1.54) is 24.3 Å². The molecule has 0 aliphatic heterocycles. The molecule has 1 rings (SSSR count). The van der Waals surface area contributed by atoms with Crippen LogP contribution in [0.2, 0.25) is 0 Å². The van der Waals surface area contributed by atoms with Gasteiger partial charge in [-0.2, -0.15) is 0 Å². The Bertz CT molecular complexity index is 524. The molecule has 0 aliphatic rings. The molecule has 19 heavy (non-hydrogen) atoms. The maximum absolute atomic E-state index is 11.9. The summed E-state index contributed by atoms with van der Waals surface area (Å²) in [4.78, 5) is 11.4. The number of nitrogens with one attached hydrogen (secondary N) is 1. The SMILES string of the molecule is CCOC(=O)c1ccc(S(=O)(=O)NC(C)CO)cc1. The molecule has 1 atom stereocenters. The Hall–Kier alpha value is -1.44. The summed E-state index contributed by atoms with van der Waals surface area (Å²) in [6.07, 6.45) is 0. The number of esters is 1. The lowest BCUT2D eigenvalue weighted by atomic mass is 10.2. The van der Waals surface area contributed by atoms with E-state index in [1.54, 1.807) is 13.8 Å². The van der Waals surface area contributed by atoms with Crippen LogP contribution in [-0.4, -0.2) is 38.7 Å². The Balaban J connectivity index is 2.89. The highest BCUT2D eigenvalue weighted by Crippen LogP contribution is 2.12. The highest BCUT2D eigenvalue weighted by molar-refractivity contribution is 7.89. The van der Waals surface area contributed by atoms with Gasteiger partial charge < -0.3 is 9.84 Å². The van der Waals surface area contributed by atoms with Crippen molar-refractivity contribution >= 4 is 16.0 Å². The van der Waals surface area contributed by atoms with E-state index in [9.17, 15) is 13.2 Å². The highest BCUT2D eigenvalue weighted by atomic mass is 32.2. The zero-order chi connectivity index (χ0) is 14.5. The van der Waals surface area contributed by atoms with Gasteiger partial charge in [-0.15, -0.1) is 0 Å². The third-order valence-corrected chi connectivity index (χ3v) is 3.91. The molecule has 1 aromatic carbocycles. The first kappa shape index (κ1) is 15.6. The zero-order valence-electron chi connectivity index (χ0n) is 10.8. The smallest absolute Gasteiger partial charge is 0.338 e. The molecule has 0 saturated carbocycles. The fourth-order valence-electron chi connectivity index (χ4n) is 1.35. The van der Waals surface area contributed by atoms with Crippen molar-refractivity contribution < 1.29 is 23.1 Å². The van der Waals surface area contributed by atoms with Crippen LogP contribution in [0.5, 0.6) is 0 Å². The molecule has 0 amide bonds. The summed E-state index contributed by atoms with van der Waals surface area (Å²) in [5, 5.41) is 8.83. The van der Waals surface area contributed by atoms with Gasteiger partial charge in [0.05, 0.1) is 23.7 Å². The molecular weight excluding hydrogens is 270 g/mol. The van der Waals surface area contributed by atoms with E-state index in [0.29, 0.717) is 0 Å². The predicted octanol–water partition coefficient (Wildman–Crippen LogP) is 0.522. The number of hydrogen-bond acceptors (Lipinski definition) is 5. The van der Waals surface area contributed by atoms with Crippen LogP contribution in [0.25, 0.3) is 0 Å². The highest BCUT2D eigenvalue weighted by Gasteiger charge is 2.17. The van der Waals surface area contributed by atoms with Crippen LogP contribution in [0.15, 0.2) is 29.2 Å². The molecule has 0 aromatic heterocycles. The van der Waals surface area contributed by atoms with Crippen LogP contribution in [0, 0.1) is 0 Å². The Morgan fingerprint density at radius 1 is 1.37 bits per heavy atom. The summed E-state index contributed by atoms with van der Waals surface area (Å²) < 4.78 is 30.8. The van der Waals surface area contributed by atoms with Crippen molar-refractivity contribution in [2.24, 2.45) is 0 Å². The maximum Gasteiger partial charge on any atom is 0.338 e. The normalized spacial score (nSPS) is 13.0. The number of hydrogen-bond donors (Lipinski definition) is 2. The Kier molecular flexibility index (Phi) is 5.46. The number of aliphatic hydroxyl groups excluding tert-OH is 1. The van der Waals surface area contributed by atoms with E-state index in [-0.39, 0.29) is 23.7 Å². The first-order valence-electron chi connectivity index (χ1n) is 5.81. The Labute approximate surface area is 112 Å². The number of benzene rings is 1. The van der Waals surface area contributed by atoms with Gasteiger partial charge in [-0.05, 0) is 38.1 Å². The molecule has 0 aliphatic carbocycles. The van der Waals surface area contributed by atoms with E-state index in [4.69, 9.17) is 9.84 Å². The van der Waals surface area contributed by atoms with Crippen LogP contribution < -0.4 is 4.72 Å². The minimum Gasteiger partial charge on any atom is -0.462 e. The second-order valence-corrected chi connectivity index (χ2v) is 5.66. The van der Waals surface area contributed by atoms with Gasteiger partial charge in [0.1, 0.15) is 0 Å². The van der Waals surface area contributed by atoms with Crippen molar-refractivity contribution in [1.29, 1.82) is 0 Å². The van der Waals surface area contributed by atoms with Crippen LogP contribution in [0.3, 0.4) is 0 Å². The summed E-state index contributed by atoms with van der Waals surface area (Å²) in [6.45, 7) is 3.20. The Morgan fingerprint density at radius 2 is 1.95 bits per heavy atom. The fourth-order valence-corrected chi connectivity index (χ4v) is 2.59. The van der Waals surface area contributed by atoms with Crippen LogP contribution in [0.4, 0.5) is 0 Å². The molecule has 0 radical (unpaired) electrons. The first-order chi connectivity index (χ1) is 8.90. The number of carbonyl (C=O) groups is 1. The lowest BCUT2D eigenvalue weighted by molar-refractivity contribution is 0.0526. The molecule has 0 spiro atoms. The molecule has 7 heteroatoms. The van der Waals surface area contributed by atoms with Gasteiger partial charge in [0.2, 0.25) is 10.0 Å². The lowest BCUT2D eigenvalue weighted by Crippen LogP contribution is -2.34. The quantitative estimate of drug-likeness (QED) is 0.744. The number of sulfonamides is 1. The molecule has 2 N–H and O–H groups in total. The molecule has 106 valence electrons. The average Bonchev–Trinajstić information content (AvgIpc) is 2.38. The number of aliphatic hydroxyl groups is 1. The van der Waals surface area contributed by atoms with Crippen molar-refractivity contribution in [3.63, 3.8) is 0 Å². The summed E-state index contributed by atoms with van der Waals surface area (Å²) in [5.74, 6) is -0.497. The van der Waals surface area contributed by atoms with Crippen molar-refractivity contribution in [3.8, 4) is 0 Å².